The standard InChI is InChI=1S/C30H46O9/c1-8-23(33)20(4)28-24(38-28)17-29(6,35)14-9-10-18(2)27-19(3)11-12-25(37-21(5)31)30(7,36)15-13-22(32)16-26(34)39-27/h9-12,14,19-20,22,24-25,27-28,32,35-36H,8,13,15-17H2,1-7H3/b12-11+,14-9+,18-10+/t19-,20-,22+,24+,25-,27-,28+,29+,30-/m0/s1. The summed E-state index contributed by atoms with van der Waals surface area (Å²) in [6, 6.07) is 0. The summed E-state index contributed by atoms with van der Waals surface area (Å²) in [5, 5.41) is 32.1. The molecule has 1 fully saturated rings. The smallest absolute Gasteiger partial charge is 0.309 e. The first-order valence-electron chi connectivity index (χ1n) is 13.8. The van der Waals surface area contributed by atoms with Crippen LogP contribution in [0.5, 0.6) is 0 Å². The highest BCUT2D eigenvalue weighted by Crippen LogP contribution is 2.36. The fourth-order valence-corrected chi connectivity index (χ4v) is 4.87. The van der Waals surface area contributed by atoms with Crippen LogP contribution >= 0.6 is 0 Å². The van der Waals surface area contributed by atoms with Crippen molar-refractivity contribution in [2.45, 2.75) is 122 Å². The minimum absolute atomic E-state index is 0.117. The summed E-state index contributed by atoms with van der Waals surface area (Å²) in [6.45, 7) is 11.8. The molecule has 0 aromatic carbocycles. The van der Waals surface area contributed by atoms with E-state index in [1.54, 1.807) is 44.2 Å². The summed E-state index contributed by atoms with van der Waals surface area (Å²) >= 11 is 0. The van der Waals surface area contributed by atoms with Gasteiger partial charge in [0.2, 0.25) is 0 Å². The Balaban J connectivity index is 2.18. The molecule has 0 aliphatic carbocycles. The third kappa shape index (κ3) is 10.3. The maximum atomic E-state index is 12.6. The molecule has 2 aliphatic rings. The lowest BCUT2D eigenvalue weighted by molar-refractivity contribution is -0.157. The summed E-state index contributed by atoms with van der Waals surface area (Å²) in [5.74, 6) is -1.53. The fraction of sp³-hybridized carbons (Fsp3) is 0.700. The zero-order chi connectivity index (χ0) is 29.5. The van der Waals surface area contributed by atoms with Crippen LogP contribution in [0.4, 0.5) is 0 Å². The molecule has 3 N–H and O–H groups in total. The Labute approximate surface area is 231 Å². The second-order valence-electron chi connectivity index (χ2n) is 11.5. The summed E-state index contributed by atoms with van der Waals surface area (Å²) < 4.78 is 16.7. The molecule has 2 heterocycles. The van der Waals surface area contributed by atoms with E-state index in [2.05, 4.69) is 0 Å². The van der Waals surface area contributed by atoms with Crippen LogP contribution in [0.2, 0.25) is 0 Å². The van der Waals surface area contributed by atoms with Crippen LogP contribution in [0.15, 0.2) is 36.0 Å². The quantitative estimate of drug-likeness (QED) is 0.170. The molecule has 0 unspecified atom stereocenters. The van der Waals surface area contributed by atoms with Crippen molar-refractivity contribution in [2.24, 2.45) is 11.8 Å². The molecule has 2 rings (SSSR count). The Kier molecular flexibility index (Phi) is 11.7. The lowest BCUT2D eigenvalue weighted by Gasteiger charge is -2.32. The fourth-order valence-electron chi connectivity index (χ4n) is 4.87. The van der Waals surface area contributed by atoms with E-state index in [0.717, 1.165) is 0 Å². The average molecular weight is 551 g/mol. The van der Waals surface area contributed by atoms with Gasteiger partial charge in [-0.05, 0) is 45.3 Å². The molecule has 39 heavy (non-hydrogen) atoms. The van der Waals surface area contributed by atoms with E-state index in [1.807, 2.05) is 20.8 Å². The summed E-state index contributed by atoms with van der Waals surface area (Å²) in [6.07, 6.45) is 6.16. The number of ether oxygens (including phenoxy) is 3. The van der Waals surface area contributed by atoms with E-state index < -0.39 is 41.5 Å². The third-order valence-electron chi connectivity index (χ3n) is 7.47. The van der Waals surface area contributed by atoms with Crippen molar-refractivity contribution in [3.8, 4) is 0 Å². The third-order valence-corrected chi connectivity index (χ3v) is 7.47. The second-order valence-corrected chi connectivity index (χ2v) is 11.5. The molecule has 220 valence electrons. The van der Waals surface area contributed by atoms with Gasteiger partial charge in [0.25, 0.3) is 0 Å². The molecule has 0 bridgehead atoms. The zero-order valence-electron chi connectivity index (χ0n) is 24.3. The molecule has 1 saturated heterocycles. The number of ketones is 1. The Morgan fingerprint density at radius 3 is 2.59 bits per heavy atom. The van der Waals surface area contributed by atoms with Crippen molar-refractivity contribution in [3.05, 3.63) is 36.0 Å². The van der Waals surface area contributed by atoms with Crippen molar-refractivity contribution in [2.75, 3.05) is 0 Å². The monoisotopic (exact) mass is 550 g/mol. The van der Waals surface area contributed by atoms with Crippen molar-refractivity contribution >= 4 is 17.7 Å². The number of carbonyl (C=O) groups is 3. The van der Waals surface area contributed by atoms with Gasteiger partial charge in [-0.2, -0.15) is 0 Å². The summed E-state index contributed by atoms with van der Waals surface area (Å²) in [4.78, 5) is 36.2. The number of aliphatic hydroxyl groups is 3. The molecule has 9 heteroatoms. The Bertz CT molecular complexity index is 961. The number of esters is 2. The van der Waals surface area contributed by atoms with E-state index in [-0.39, 0.29) is 49.1 Å². The highest BCUT2D eigenvalue weighted by atomic mass is 16.6. The number of carbonyl (C=O) groups excluding carboxylic acids is 3. The number of epoxide rings is 1. The number of cyclic esters (lactones) is 1. The Morgan fingerprint density at radius 2 is 1.97 bits per heavy atom. The van der Waals surface area contributed by atoms with Gasteiger partial charge in [-0.15, -0.1) is 0 Å². The number of hydrogen-bond acceptors (Lipinski definition) is 9. The predicted molar refractivity (Wildman–Crippen MR) is 145 cm³/mol. The predicted octanol–water partition coefficient (Wildman–Crippen LogP) is 3.34. The number of allylic oxidation sites excluding steroid dienone is 2. The van der Waals surface area contributed by atoms with E-state index in [1.165, 1.54) is 13.8 Å². The van der Waals surface area contributed by atoms with E-state index in [9.17, 15) is 29.7 Å². The Morgan fingerprint density at radius 1 is 1.31 bits per heavy atom. The summed E-state index contributed by atoms with van der Waals surface area (Å²) in [7, 11) is 0. The number of Topliss-reactive ketones (excluding diaryl/α,β-unsaturated/α-hetero) is 1. The largest absolute Gasteiger partial charge is 0.457 e. The molecule has 0 saturated carbocycles. The SMILES string of the molecule is CCC(=O)[C@H](C)[C@H]1O[C@@H]1C[C@](C)(O)/C=C/C=C(\C)[C@@H]1OC(=O)C[C@H](O)CC[C@](C)(O)[C@@H](OC(C)=O)/C=C/[C@@H]1C. The summed E-state index contributed by atoms with van der Waals surface area (Å²) in [5.41, 5.74) is -1.92. The van der Waals surface area contributed by atoms with Gasteiger partial charge in [0.05, 0.1) is 30.3 Å². The van der Waals surface area contributed by atoms with Crippen LogP contribution in [0.3, 0.4) is 0 Å². The molecule has 0 amide bonds. The lowest BCUT2D eigenvalue weighted by atomic mass is 9.88. The van der Waals surface area contributed by atoms with Crippen LogP contribution in [0.1, 0.15) is 80.6 Å². The van der Waals surface area contributed by atoms with Gasteiger partial charge in [0.15, 0.2) is 0 Å². The molecular formula is C30H46O9. The van der Waals surface area contributed by atoms with Gasteiger partial charge < -0.3 is 29.5 Å². The Hall–Kier alpha value is -2.33. The zero-order valence-corrected chi connectivity index (χ0v) is 24.3. The molecule has 0 radical (unpaired) electrons. The van der Waals surface area contributed by atoms with Gasteiger partial charge in [-0.25, -0.2) is 0 Å². The first-order chi connectivity index (χ1) is 18.1. The molecule has 9 nitrogen and oxygen atoms in total. The highest BCUT2D eigenvalue weighted by molar-refractivity contribution is 5.81. The van der Waals surface area contributed by atoms with Gasteiger partial charge in [0, 0.05) is 31.6 Å². The lowest BCUT2D eigenvalue weighted by Crippen LogP contribution is -2.42. The number of aliphatic hydroxyl groups excluding tert-OH is 1. The molecule has 0 aromatic heterocycles. The van der Waals surface area contributed by atoms with E-state index in [0.29, 0.717) is 18.4 Å². The molecule has 0 aromatic rings. The minimum Gasteiger partial charge on any atom is -0.457 e. The first-order valence-corrected chi connectivity index (χ1v) is 13.8. The van der Waals surface area contributed by atoms with Crippen molar-refractivity contribution in [1.82, 2.24) is 0 Å². The van der Waals surface area contributed by atoms with Gasteiger partial charge >= 0.3 is 11.9 Å². The van der Waals surface area contributed by atoms with Crippen molar-refractivity contribution in [3.63, 3.8) is 0 Å². The van der Waals surface area contributed by atoms with Crippen molar-refractivity contribution < 1.29 is 43.9 Å². The van der Waals surface area contributed by atoms with E-state index >= 15 is 0 Å². The van der Waals surface area contributed by atoms with Gasteiger partial charge in [-0.1, -0.05) is 45.1 Å². The number of hydrogen-bond donors (Lipinski definition) is 3. The first kappa shape index (κ1) is 32.9. The molecular weight excluding hydrogens is 504 g/mol. The maximum absolute atomic E-state index is 12.6. The topological polar surface area (TPSA) is 143 Å². The number of rotatable bonds is 9. The van der Waals surface area contributed by atoms with Gasteiger partial charge in [-0.3, -0.25) is 14.4 Å². The minimum atomic E-state index is -1.44. The second kappa shape index (κ2) is 13.8. The molecule has 2 aliphatic heterocycles. The molecule has 9 atom stereocenters. The van der Waals surface area contributed by atoms with Crippen molar-refractivity contribution in [1.29, 1.82) is 0 Å². The van der Waals surface area contributed by atoms with E-state index in [4.69, 9.17) is 14.2 Å². The van der Waals surface area contributed by atoms with Gasteiger partial charge in [0.1, 0.15) is 23.6 Å². The highest BCUT2D eigenvalue weighted by Gasteiger charge is 2.47. The average Bonchev–Trinajstić information content (AvgIpc) is 3.59. The van der Waals surface area contributed by atoms with Crippen LogP contribution in [-0.2, 0) is 28.6 Å². The van der Waals surface area contributed by atoms with Crippen LogP contribution in [-0.4, -0.2) is 74.8 Å². The van der Waals surface area contributed by atoms with Crippen LogP contribution < -0.4 is 0 Å². The molecule has 0 spiro atoms. The van der Waals surface area contributed by atoms with Crippen LogP contribution in [0, 0.1) is 11.8 Å². The normalized spacial score (nSPS) is 35.6. The van der Waals surface area contributed by atoms with Crippen LogP contribution in [0.25, 0.3) is 0 Å². The maximum Gasteiger partial charge on any atom is 0.309 e.